The van der Waals surface area contributed by atoms with Crippen LogP contribution in [0.25, 0.3) is 0 Å². The fourth-order valence-electron chi connectivity index (χ4n) is 4.23. The first kappa shape index (κ1) is 32.3. The Bertz CT molecular complexity index is 1460. The molecule has 0 heterocycles. The minimum atomic E-state index is -4.21. The molecule has 0 fully saturated rings. The van der Waals surface area contributed by atoms with Crippen LogP contribution in [0.4, 0.5) is 5.69 Å². The van der Waals surface area contributed by atoms with Crippen LogP contribution in [-0.4, -0.2) is 65.6 Å². The van der Waals surface area contributed by atoms with Crippen molar-refractivity contribution in [2.24, 2.45) is 5.92 Å². The van der Waals surface area contributed by atoms with Crippen molar-refractivity contribution in [3.63, 3.8) is 0 Å². The smallest absolute Gasteiger partial charge is 0.264 e. The molecule has 0 saturated heterocycles. The molecule has 226 valence electrons. The van der Waals surface area contributed by atoms with Crippen molar-refractivity contribution in [3.8, 4) is 17.2 Å². The number of methoxy groups -OCH3 is 3. The third-order valence-corrected chi connectivity index (χ3v) is 8.39. The van der Waals surface area contributed by atoms with Crippen molar-refractivity contribution < 1.29 is 32.2 Å². The molecule has 42 heavy (non-hydrogen) atoms. The van der Waals surface area contributed by atoms with Gasteiger partial charge in [-0.1, -0.05) is 44.2 Å². The standard InChI is InChI=1S/C31H39N3O7S/c1-22(2)19-32-31(36)23(3)33(20-24-11-10-12-26(17-24)39-4)30(35)21-34(42(37,38)27-13-8-7-9-14-27)25-15-16-28(40-5)29(18-25)41-6/h7-18,22-23H,19-21H2,1-6H3,(H,32,36)/t23-/m0/s1. The number of benzene rings is 3. The molecule has 2 amide bonds. The van der Waals surface area contributed by atoms with Gasteiger partial charge in [0.05, 0.1) is 31.9 Å². The Morgan fingerprint density at radius 1 is 0.833 bits per heavy atom. The molecule has 3 aromatic rings. The van der Waals surface area contributed by atoms with Gasteiger partial charge in [0.2, 0.25) is 11.8 Å². The van der Waals surface area contributed by atoms with E-state index in [0.29, 0.717) is 23.8 Å². The fourth-order valence-corrected chi connectivity index (χ4v) is 5.66. The monoisotopic (exact) mass is 597 g/mol. The predicted molar refractivity (Wildman–Crippen MR) is 161 cm³/mol. The van der Waals surface area contributed by atoms with Crippen LogP contribution in [0, 0.1) is 5.92 Å². The molecular formula is C31H39N3O7S. The summed E-state index contributed by atoms with van der Waals surface area (Å²) in [7, 11) is 0.246. The molecule has 0 unspecified atom stereocenters. The molecule has 10 nitrogen and oxygen atoms in total. The van der Waals surface area contributed by atoms with Gasteiger partial charge in [-0.25, -0.2) is 8.42 Å². The highest BCUT2D eigenvalue weighted by molar-refractivity contribution is 7.92. The minimum absolute atomic E-state index is 0.00894. The number of carbonyl (C=O) groups excluding carboxylic acids is 2. The summed E-state index contributed by atoms with van der Waals surface area (Å²) in [6, 6.07) is 18.7. The molecule has 0 saturated carbocycles. The molecule has 0 aliphatic rings. The van der Waals surface area contributed by atoms with Crippen molar-refractivity contribution in [3.05, 3.63) is 78.4 Å². The molecule has 1 N–H and O–H groups in total. The number of rotatable bonds is 14. The molecular weight excluding hydrogens is 558 g/mol. The lowest BCUT2D eigenvalue weighted by Gasteiger charge is -2.32. The summed E-state index contributed by atoms with van der Waals surface area (Å²) in [5.74, 6) is 0.587. The zero-order valence-corrected chi connectivity index (χ0v) is 25.7. The largest absolute Gasteiger partial charge is 0.497 e. The Balaban J connectivity index is 2.07. The lowest BCUT2D eigenvalue weighted by atomic mass is 10.1. The number of hydrogen-bond donors (Lipinski definition) is 1. The summed E-state index contributed by atoms with van der Waals surface area (Å²) in [5.41, 5.74) is 0.915. The molecule has 3 rings (SSSR count). The van der Waals surface area contributed by atoms with Gasteiger partial charge in [0.15, 0.2) is 11.5 Å². The summed E-state index contributed by atoms with van der Waals surface area (Å²) >= 11 is 0. The maximum atomic E-state index is 14.1. The molecule has 1 atom stereocenters. The summed E-state index contributed by atoms with van der Waals surface area (Å²) in [6.07, 6.45) is 0. The number of sulfonamides is 1. The van der Waals surface area contributed by atoms with E-state index in [4.69, 9.17) is 14.2 Å². The topological polar surface area (TPSA) is 114 Å². The first-order chi connectivity index (χ1) is 20.0. The number of hydrogen-bond acceptors (Lipinski definition) is 7. The third-order valence-electron chi connectivity index (χ3n) is 6.60. The van der Waals surface area contributed by atoms with E-state index in [9.17, 15) is 18.0 Å². The lowest BCUT2D eigenvalue weighted by Crippen LogP contribution is -2.51. The zero-order valence-electron chi connectivity index (χ0n) is 24.9. The number of nitrogens with one attached hydrogen (secondary N) is 1. The Labute approximate surface area is 248 Å². The predicted octanol–water partition coefficient (Wildman–Crippen LogP) is 4.10. The summed E-state index contributed by atoms with van der Waals surface area (Å²) in [4.78, 5) is 28.6. The second-order valence-corrected chi connectivity index (χ2v) is 11.9. The molecule has 0 radical (unpaired) electrons. The molecule has 0 aliphatic carbocycles. The van der Waals surface area contributed by atoms with Crippen LogP contribution in [0.15, 0.2) is 77.7 Å². The third kappa shape index (κ3) is 7.94. The summed E-state index contributed by atoms with van der Waals surface area (Å²) in [6.45, 7) is 5.49. The molecule has 0 spiro atoms. The number of anilines is 1. The number of nitrogens with zero attached hydrogens (tertiary/aromatic N) is 2. The van der Waals surface area contributed by atoms with E-state index in [1.54, 1.807) is 62.6 Å². The van der Waals surface area contributed by atoms with Crippen molar-refractivity contribution >= 4 is 27.5 Å². The van der Waals surface area contributed by atoms with Gasteiger partial charge < -0.3 is 24.4 Å². The Morgan fingerprint density at radius 2 is 1.52 bits per heavy atom. The van der Waals surface area contributed by atoms with E-state index < -0.39 is 28.5 Å². The van der Waals surface area contributed by atoms with Crippen molar-refractivity contribution in [2.75, 3.05) is 38.7 Å². The first-order valence-electron chi connectivity index (χ1n) is 13.5. The number of amides is 2. The maximum absolute atomic E-state index is 14.1. The molecule has 0 bridgehead atoms. The van der Waals surface area contributed by atoms with Gasteiger partial charge in [0.1, 0.15) is 18.3 Å². The molecule has 0 aromatic heterocycles. The number of carbonyl (C=O) groups is 2. The van der Waals surface area contributed by atoms with E-state index >= 15 is 0 Å². The zero-order chi connectivity index (χ0) is 30.9. The van der Waals surface area contributed by atoms with Crippen LogP contribution >= 0.6 is 0 Å². The Morgan fingerprint density at radius 3 is 2.14 bits per heavy atom. The van der Waals surface area contributed by atoms with Gasteiger partial charge in [-0.3, -0.25) is 13.9 Å². The van der Waals surface area contributed by atoms with Crippen LogP contribution in [-0.2, 0) is 26.2 Å². The normalized spacial score (nSPS) is 11.9. The van der Waals surface area contributed by atoms with E-state index in [1.165, 1.54) is 37.3 Å². The molecule has 3 aromatic carbocycles. The van der Waals surface area contributed by atoms with Gasteiger partial charge in [-0.2, -0.15) is 0 Å². The summed E-state index contributed by atoms with van der Waals surface area (Å²) in [5, 5.41) is 2.87. The van der Waals surface area contributed by atoms with Crippen LogP contribution in [0.3, 0.4) is 0 Å². The van der Waals surface area contributed by atoms with Gasteiger partial charge in [-0.05, 0) is 54.8 Å². The van der Waals surface area contributed by atoms with Crippen molar-refractivity contribution in [1.82, 2.24) is 10.2 Å². The van der Waals surface area contributed by atoms with Crippen LogP contribution in [0.2, 0.25) is 0 Å². The van der Waals surface area contributed by atoms with Crippen LogP contribution < -0.4 is 23.8 Å². The van der Waals surface area contributed by atoms with Crippen LogP contribution in [0.1, 0.15) is 26.3 Å². The van der Waals surface area contributed by atoms with Crippen molar-refractivity contribution in [1.29, 1.82) is 0 Å². The lowest BCUT2D eigenvalue weighted by molar-refractivity contribution is -0.139. The van der Waals surface area contributed by atoms with E-state index in [2.05, 4.69) is 5.32 Å². The average molecular weight is 598 g/mol. The van der Waals surface area contributed by atoms with Gasteiger partial charge in [0.25, 0.3) is 10.0 Å². The Kier molecular flexibility index (Phi) is 11.2. The summed E-state index contributed by atoms with van der Waals surface area (Å²) < 4.78 is 45.0. The fraction of sp³-hybridized carbons (Fsp3) is 0.355. The molecule has 11 heteroatoms. The SMILES string of the molecule is COc1cccc(CN(C(=O)CN(c2ccc(OC)c(OC)c2)S(=O)(=O)c2ccccc2)[C@@H](C)C(=O)NCC(C)C)c1. The second-order valence-electron chi connectivity index (χ2n) is 10.1. The minimum Gasteiger partial charge on any atom is -0.497 e. The van der Waals surface area contributed by atoms with E-state index in [0.717, 1.165) is 9.87 Å². The first-order valence-corrected chi connectivity index (χ1v) is 15.0. The quantitative estimate of drug-likeness (QED) is 0.298. The van der Waals surface area contributed by atoms with Crippen molar-refractivity contribution in [2.45, 2.75) is 38.3 Å². The van der Waals surface area contributed by atoms with E-state index in [-0.39, 0.29) is 29.0 Å². The Hall–Kier alpha value is -4.25. The van der Waals surface area contributed by atoms with Gasteiger partial charge in [-0.15, -0.1) is 0 Å². The van der Waals surface area contributed by atoms with E-state index in [1.807, 2.05) is 19.9 Å². The van der Waals surface area contributed by atoms with Gasteiger partial charge in [0, 0.05) is 19.2 Å². The van der Waals surface area contributed by atoms with Crippen LogP contribution in [0.5, 0.6) is 17.2 Å². The second kappa shape index (κ2) is 14.6. The molecule has 0 aliphatic heterocycles. The highest BCUT2D eigenvalue weighted by Crippen LogP contribution is 2.34. The van der Waals surface area contributed by atoms with Gasteiger partial charge >= 0.3 is 0 Å². The highest BCUT2D eigenvalue weighted by atomic mass is 32.2. The maximum Gasteiger partial charge on any atom is 0.264 e. The average Bonchev–Trinajstić information content (AvgIpc) is 3.00. The number of ether oxygens (including phenoxy) is 3. The highest BCUT2D eigenvalue weighted by Gasteiger charge is 2.33.